The SMILES string of the molecule is CC(=O)[C@H](C)Cc1ccc(C)cc1.[HH]. The van der Waals surface area contributed by atoms with Crippen molar-refractivity contribution in [2.24, 2.45) is 5.92 Å². The molecule has 1 rings (SSSR count). The minimum atomic E-state index is 0. The van der Waals surface area contributed by atoms with Gasteiger partial charge in [0.1, 0.15) is 5.78 Å². The zero-order valence-electron chi connectivity index (χ0n) is 8.50. The van der Waals surface area contributed by atoms with Crippen LogP contribution in [0.15, 0.2) is 24.3 Å². The summed E-state index contributed by atoms with van der Waals surface area (Å²) in [6, 6.07) is 8.36. The van der Waals surface area contributed by atoms with Crippen molar-refractivity contribution in [3.05, 3.63) is 35.4 Å². The molecule has 1 aromatic rings. The molecule has 0 aliphatic rings. The zero-order chi connectivity index (χ0) is 9.84. The molecule has 0 N–H and O–H groups in total. The van der Waals surface area contributed by atoms with Crippen LogP contribution in [-0.2, 0) is 11.2 Å². The Morgan fingerprint density at radius 3 is 2.38 bits per heavy atom. The molecule has 13 heavy (non-hydrogen) atoms. The number of benzene rings is 1. The minimum absolute atomic E-state index is 0. The molecule has 0 radical (unpaired) electrons. The smallest absolute Gasteiger partial charge is 0.132 e. The number of aryl methyl sites for hydroxylation is 1. The molecule has 0 aliphatic heterocycles. The van der Waals surface area contributed by atoms with Gasteiger partial charge in [0.2, 0.25) is 0 Å². The van der Waals surface area contributed by atoms with Crippen LogP contribution in [0, 0.1) is 12.8 Å². The third-order valence-corrected chi connectivity index (χ3v) is 2.36. The molecule has 1 atom stereocenters. The number of carbonyl (C=O) groups is 1. The summed E-state index contributed by atoms with van der Waals surface area (Å²) in [6.07, 6.45) is 0.857. The summed E-state index contributed by atoms with van der Waals surface area (Å²) in [5.74, 6) is 0.406. The topological polar surface area (TPSA) is 17.1 Å². The first-order valence-electron chi connectivity index (χ1n) is 4.65. The number of rotatable bonds is 3. The fraction of sp³-hybridized carbons (Fsp3) is 0.417. The number of Topliss-reactive ketones (excluding diaryl/α,β-unsaturated/α-hetero) is 1. The predicted molar refractivity (Wildman–Crippen MR) is 56.8 cm³/mol. The van der Waals surface area contributed by atoms with Gasteiger partial charge in [-0.05, 0) is 25.8 Å². The Kier molecular flexibility index (Phi) is 3.24. The molecule has 0 amide bonds. The molecule has 0 unspecified atom stereocenters. The van der Waals surface area contributed by atoms with Crippen molar-refractivity contribution >= 4 is 5.78 Å². The van der Waals surface area contributed by atoms with Gasteiger partial charge in [0.25, 0.3) is 0 Å². The third kappa shape index (κ3) is 3.02. The van der Waals surface area contributed by atoms with Crippen LogP contribution in [0.2, 0.25) is 0 Å². The monoisotopic (exact) mass is 178 g/mol. The highest BCUT2D eigenvalue weighted by Crippen LogP contribution is 2.10. The number of carbonyl (C=O) groups excluding carboxylic acids is 1. The van der Waals surface area contributed by atoms with Crippen LogP contribution in [0.3, 0.4) is 0 Å². The van der Waals surface area contributed by atoms with Gasteiger partial charge in [-0.1, -0.05) is 36.8 Å². The molecule has 0 heterocycles. The van der Waals surface area contributed by atoms with Crippen LogP contribution >= 0.6 is 0 Å². The molecule has 0 bridgehead atoms. The van der Waals surface area contributed by atoms with E-state index in [4.69, 9.17) is 0 Å². The Morgan fingerprint density at radius 1 is 1.38 bits per heavy atom. The van der Waals surface area contributed by atoms with Gasteiger partial charge in [0, 0.05) is 7.34 Å². The van der Waals surface area contributed by atoms with Crippen molar-refractivity contribution in [1.82, 2.24) is 0 Å². The lowest BCUT2D eigenvalue weighted by Gasteiger charge is -2.07. The predicted octanol–water partition coefficient (Wildman–Crippen LogP) is 3.01. The Morgan fingerprint density at radius 2 is 1.92 bits per heavy atom. The maximum atomic E-state index is 11.0. The van der Waals surface area contributed by atoms with E-state index in [1.54, 1.807) is 6.92 Å². The van der Waals surface area contributed by atoms with E-state index in [1.807, 2.05) is 6.92 Å². The molecule has 72 valence electrons. The van der Waals surface area contributed by atoms with Gasteiger partial charge in [0.15, 0.2) is 0 Å². The highest BCUT2D eigenvalue weighted by Gasteiger charge is 2.07. The van der Waals surface area contributed by atoms with Gasteiger partial charge in [0.05, 0.1) is 0 Å². The quantitative estimate of drug-likeness (QED) is 0.695. The lowest BCUT2D eigenvalue weighted by Crippen LogP contribution is -2.09. The Bertz CT molecular complexity index is 290. The summed E-state index contributed by atoms with van der Waals surface area (Å²) in [7, 11) is 0. The average Bonchev–Trinajstić information content (AvgIpc) is 2.08. The molecule has 0 aromatic heterocycles. The van der Waals surface area contributed by atoms with Crippen LogP contribution < -0.4 is 0 Å². The maximum Gasteiger partial charge on any atom is 0.132 e. The van der Waals surface area contributed by atoms with Crippen molar-refractivity contribution in [3.63, 3.8) is 0 Å². The highest BCUT2D eigenvalue weighted by atomic mass is 16.1. The van der Waals surface area contributed by atoms with E-state index >= 15 is 0 Å². The normalized spacial score (nSPS) is 12.5. The first kappa shape index (κ1) is 9.97. The first-order chi connectivity index (χ1) is 6.09. The second-order valence-corrected chi connectivity index (χ2v) is 3.70. The summed E-state index contributed by atoms with van der Waals surface area (Å²) in [5.41, 5.74) is 2.51. The molecule has 1 nitrogen and oxygen atoms in total. The van der Waals surface area contributed by atoms with Crippen molar-refractivity contribution in [2.45, 2.75) is 27.2 Å². The Hall–Kier alpha value is -1.11. The second-order valence-electron chi connectivity index (χ2n) is 3.70. The largest absolute Gasteiger partial charge is 0.300 e. The first-order valence-corrected chi connectivity index (χ1v) is 4.65. The Balaban J connectivity index is 0.00000169. The van der Waals surface area contributed by atoms with E-state index in [-0.39, 0.29) is 13.1 Å². The second kappa shape index (κ2) is 4.22. The van der Waals surface area contributed by atoms with Crippen molar-refractivity contribution in [3.8, 4) is 0 Å². The van der Waals surface area contributed by atoms with Crippen LogP contribution in [0.4, 0.5) is 0 Å². The molecule has 1 heteroatoms. The summed E-state index contributed by atoms with van der Waals surface area (Å²) >= 11 is 0. The zero-order valence-corrected chi connectivity index (χ0v) is 8.50. The van der Waals surface area contributed by atoms with Crippen LogP contribution in [0.25, 0.3) is 0 Å². The standard InChI is InChI=1S/C12H16O.H2/c1-9-4-6-12(7-5-9)8-10(2)11(3)13;/h4-7,10H,8H2,1-3H3;1H/t10-;/m1./s1. The van der Waals surface area contributed by atoms with Gasteiger partial charge in [-0.2, -0.15) is 0 Å². The van der Waals surface area contributed by atoms with Gasteiger partial charge >= 0.3 is 0 Å². The van der Waals surface area contributed by atoms with Gasteiger partial charge in [-0.3, -0.25) is 4.79 Å². The van der Waals surface area contributed by atoms with Crippen molar-refractivity contribution in [2.75, 3.05) is 0 Å². The summed E-state index contributed by atoms with van der Waals surface area (Å²) in [4.78, 5) is 11.0. The number of ketones is 1. The highest BCUT2D eigenvalue weighted by molar-refractivity contribution is 5.78. The van der Waals surface area contributed by atoms with E-state index in [0.29, 0.717) is 0 Å². The van der Waals surface area contributed by atoms with E-state index < -0.39 is 0 Å². The number of hydrogen-bond donors (Lipinski definition) is 0. The lowest BCUT2D eigenvalue weighted by molar-refractivity contribution is -0.120. The molecule has 0 saturated heterocycles. The summed E-state index contributed by atoms with van der Waals surface area (Å²) < 4.78 is 0. The molecule has 1 aromatic carbocycles. The fourth-order valence-corrected chi connectivity index (χ4v) is 1.22. The van der Waals surface area contributed by atoms with Gasteiger partial charge in [-0.25, -0.2) is 0 Å². The van der Waals surface area contributed by atoms with Gasteiger partial charge < -0.3 is 0 Å². The summed E-state index contributed by atoms with van der Waals surface area (Å²) in [6.45, 7) is 5.69. The fourth-order valence-electron chi connectivity index (χ4n) is 1.22. The molecule has 0 aliphatic carbocycles. The van der Waals surface area contributed by atoms with E-state index in [2.05, 4.69) is 31.2 Å². The maximum absolute atomic E-state index is 11.0. The van der Waals surface area contributed by atoms with Crippen LogP contribution in [-0.4, -0.2) is 5.78 Å². The third-order valence-electron chi connectivity index (χ3n) is 2.36. The Labute approximate surface area is 81.3 Å². The molecular weight excluding hydrogens is 160 g/mol. The van der Waals surface area contributed by atoms with E-state index in [0.717, 1.165) is 6.42 Å². The van der Waals surface area contributed by atoms with Crippen LogP contribution in [0.5, 0.6) is 0 Å². The van der Waals surface area contributed by atoms with Crippen molar-refractivity contribution < 1.29 is 6.22 Å². The molecule has 0 fully saturated rings. The molecular formula is C12H18O. The van der Waals surface area contributed by atoms with Crippen molar-refractivity contribution in [1.29, 1.82) is 0 Å². The lowest BCUT2D eigenvalue weighted by atomic mass is 9.97. The number of hydrogen-bond acceptors (Lipinski definition) is 1. The van der Waals surface area contributed by atoms with Crippen LogP contribution in [0.1, 0.15) is 26.4 Å². The molecule has 0 spiro atoms. The van der Waals surface area contributed by atoms with Gasteiger partial charge in [-0.15, -0.1) is 0 Å². The molecule has 0 saturated carbocycles. The average molecular weight is 178 g/mol. The summed E-state index contributed by atoms with van der Waals surface area (Å²) in [5, 5.41) is 0. The minimum Gasteiger partial charge on any atom is -0.300 e. The van der Waals surface area contributed by atoms with E-state index in [9.17, 15) is 4.79 Å². The van der Waals surface area contributed by atoms with E-state index in [1.165, 1.54) is 11.1 Å².